The molecule has 0 heterocycles. The molecule has 0 bridgehead atoms. The molecular formula is C15H28FNO. The Morgan fingerprint density at radius 1 is 1.33 bits per heavy atom. The third-order valence-electron chi connectivity index (χ3n) is 1.95. The second kappa shape index (κ2) is 13.8. The number of carbonyl (C=O) groups is 1. The van der Waals surface area contributed by atoms with Crippen LogP contribution in [-0.2, 0) is 4.79 Å². The van der Waals surface area contributed by atoms with Gasteiger partial charge in [0.25, 0.3) is 0 Å². The van der Waals surface area contributed by atoms with Crippen molar-refractivity contribution in [1.82, 2.24) is 5.32 Å². The van der Waals surface area contributed by atoms with E-state index < -0.39 is 0 Å². The van der Waals surface area contributed by atoms with E-state index in [2.05, 4.69) is 5.32 Å². The molecular weight excluding hydrogens is 229 g/mol. The molecule has 0 aromatic heterocycles. The molecule has 0 unspecified atom stereocenters. The van der Waals surface area contributed by atoms with Gasteiger partial charge in [0.2, 0.25) is 0 Å². The SMILES string of the molecule is CC.CCNCC(=O)CC.Cc1cccc(F)c1.[HH]. The van der Waals surface area contributed by atoms with Gasteiger partial charge >= 0.3 is 0 Å². The minimum Gasteiger partial charge on any atom is -0.310 e. The fraction of sp³-hybridized carbons (Fsp3) is 0.533. The lowest BCUT2D eigenvalue weighted by Gasteiger charge is -1.95. The van der Waals surface area contributed by atoms with Gasteiger partial charge < -0.3 is 5.32 Å². The Kier molecular flexibility index (Phi) is 14.7. The van der Waals surface area contributed by atoms with Crippen LogP contribution in [0.4, 0.5) is 4.39 Å². The van der Waals surface area contributed by atoms with E-state index in [4.69, 9.17) is 0 Å². The van der Waals surface area contributed by atoms with Crippen LogP contribution in [0.5, 0.6) is 0 Å². The molecule has 0 spiro atoms. The summed E-state index contributed by atoms with van der Waals surface area (Å²) in [5.74, 6) is 0.122. The normalized spacial score (nSPS) is 8.56. The van der Waals surface area contributed by atoms with Crippen LogP contribution in [0.1, 0.15) is 41.1 Å². The molecule has 0 radical (unpaired) electrons. The summed E-state index contributed by atoms with van der Waals surface area (Å²) in [6, 6.07) is 6.50. The first kappa shape index (κ1) is 19.1. The predicted molar refractivity (Wildman–Crippen MR) is 78.4 cm³/mol. The average molecular weight is 257 g/mol. The van der Waals surface area contributed by atoms with Gasteiger partial charge in [-0.05, 0) is 31.2 Å². The zero-order valence-electron chi connectivity index (χ0n) is 12.2. The fourth-order valence-corrected chi connectivity index (χ4v) is 0.995. The van der Waals surface area contributed by atoms with E-state index in [1.54, 1.807) is 6.07 Å². The van der Waals surface area contributed by atoms with Crippen LogP contribution < -0.4 is 5.32 Å². The molecule has 1 aromatic carbocycles. The van der Waals surface area contributed by atoms with Crippen molar-refractivity contribution in [3.63, 3.8) is 0 Å². The van der Waals surface area contributed by atoms with Gasteiger partial charge in [-0.2, -0.15) is 0 Å². The number of aryl methyl sites for hydroxylation is 1. The Morgan fingerprint density at radius 3 is 2.28 bits per heavy atom. The average Bonchev–Trinajstić information content (AvgIpc) is 2.38. The standard InChI is InChI=1S/C7H7F.C6H13NO.C2H6.H2/c1-6-3-2-4-7(8)5-6;1-3-6(8)5-7-4-2;1-2;/h2-5H,1H3;7H,3-5H2,1-2H3;1-2H3;1H. The zero-order valence-corrected chi connectivity index (χ0v) is 12.2. The molecule has 0 amide bonds. The quantitative estimate of drug-likeness (QED) is 0.884. The van der Waals surface area contributed by atoms with Gasteiger partial charge in [0.15, 0.2) is 0 Å². The Bertz CT molecular complexity index is 302. The van der Waals surface area contributed by atoms with Crippen LogP contribution >= 0.6 is 0 Å². The van der Waals surface area contributed by atoms with Crippen LogP contribution in [0, 0.1) is 12.7 Å². The lowest BCUT2D eigenvalue weighted by atomic mass is 10.2. The van der Waals surface area contributed by atoms with E-state index in [-0.39, 0.29) is 13.0 Å². The lowest BCUT2D eigenvalue weighted by Crippen LogP contribution is -2.21. The number of benzene rings is 1. The number of rotatable bonds is 4. The smallest absolute Gasteiger partial charge is 0.146 e. The molecule has 106 valence electrons. The van der Waals surface area contributed by atoms with E-state index in [1.807, 2.05) is 40.7 Å². The van der Waals surface area contributed by atoms with E-state index >= 15 is 0 Å². The molecule has 0 saturated heterocycles. The third-order valence-corrected chi connectivity index (χ3v) is 1.95. The number of nitrogens with one attached hydrogen (secondary N) is 1. The first-order valence-electron chi connectivity index (χ1n) is 6.54. The van der Waals surface area contributed by atoms with Crippen molar-refractivity contribution in [3.8, 4) is 0 Å². The maximum Gasteiger partial charge on any atom is 0.146 e. The summed E-state index contributed by atoms with van der Waals surface area (Å²) in [6.07, 6.45) is 0.646. The van der Waals surface area contributed by atoms with E-state index in [9.17, 15) is 9.18 Å². The van der Waals surface area contributed by atoms with Crippen molar-refractivity contribution in [2.45, 2.75) is 41.0 Å². The summed E-state index contributed by atoms with van der Waals surface area (Å²) in [5, 5.41) is 2.95. The summed E-state index contributed by atoms with van der Waals surface area (Å²) in [6.45, 7) is 11.1. The predicted octanol–water partition coefficient (Wildman–Crippen LogP) is 3.98. The van der Waals surface area contributed by atoms with Gasteiger partial charge in [-0.15, -0.1) is 0 Å². The Balaban J connectivity index is -0.000000228. The number of carbonyl (C=O) groups excluding carboxylic acids is 1. The second-order valence-electron chi connectivity index (χ2n) is 3.47. The van der Waals surface area contributed by atoms with Crippen molar-refractivity contribution >= 4 is 5.78 Å². The molecule has 0 aliphatic rings. The highest BCUT2D eigenvalue weighted by molar-refractivity contribution is 5.79. The summed E-state index contributed by atoms with van der Waals surface area (Å²) >= 11 is 0. The van der Waals surface area contributed by atoms with Crippen molar-refractivity contribution in [2.75, 3.05) is 13.1 Å². The summed E-state index contributed by atoms with van der Waals surface area (Å²) in [5.41, 5.74) is 0.963. The first-order valence-corrected chi connectivity index (χ1v) is 6.54. The van der Waals surface area contributed by atoms with E-state index in [1.165, 1.54) is 12.1 Å². The molecule has 0 aliphatic heterocycles. The number of ketones is 1. The molecule has 1 aromatic rings. The number of hydrogen-bond acceptors (Lipinski definition) is 2. The number of halogens is 1. The van der Waals surface area contributed by atoms with Crippen molar-refractivity contribution in [1.29, 1.82) is 0 Å². The minimum absolute atomic E-state index is 0. The highest BCUT2D eigenvalue weighted by atomic mass is 19.1. The van der Waals surface area contributed by atoms with Gasteiger partial charge in [0, 0.05) is 7.85 Å². The molecule has 18 heavy (non-hydrogen) atoms. The third kappa shape index (κ3) is 12.8. The van der Waals surface area contributed by atoms with Crippen molar-refractivity contribution in [2.24, 2.45) is 0 Å². The van der Waals surface area contributed by atoms with Crippen LogP contribution in [0.3, 0.4) is 0 Å². The van der Waals surface area contributed by atoms with E-state index in [0.717, 1.165) is 12.1 Å². The van der Waals surface area contributed by atoms with Crippen LogP contribution in [0.15, 0.2) is 24.3 Å². The van der Waals surface area contributed by atoms with Gasteiger partial charge in [0.1, 0.15) is 11.6 Å². The van der Waals surface area contributed by atoms with Gasteiger partial charge in [-0.1, -0.05) is 39.8 Å². The fourth-order valence-electron chi connectivity index (χ4n) is 0.995. The monoisotopic (exact) mass is 257 g/mol. The summed E-state index contributed by atoms with van der Waals surface area (Å²) in [7, 11) is 0. The molecule has 0 atom stereocenters. The molecule has 0 aliphatic carbocycles. The molecule has 1 N–H and O–H groups in total. The Hall–Kier alpha value is -1.22. The van der Waals surface area contributed by atoms with Crippen molar-refractivity contribution < 1.29 is 10.6 Å². The molecule has 0 fully saturated rings. The Labute approximate surface area is 112 Å². The molecule has 0 saturated carbocycles. The van der Waals surface area contributed by atoms with Crippen molar-refractivity contribution in [3.05, 3.63) is 35.6 Å². The molecule has 1 rings (SSSR count). The number of hydrogen-bond donors (Lipinski definition) is 1. The number of likely N-dealkylation sites (N-methyl/N-ethyl adjacent to an activating group) is 1. The second-order valence-corrected chi connectivity index (χ2v) is 3.47. The van der Waals surface area contributed by atoms with Gasteiger partial charge in [-0.25, -0.2) is 4.39 Å². The largest absolute Gasteiger partial charge is 0.310 e. The maximum absolute atomic E-state index is 12.2. The Morgan fingerprint density at radius 2 is 1.94 bits per heavy atom. The van der Waals surface area contributed by atoms with Crippen LogP contribution in [0.25, 0.3) is 0 Å². The molecule has 2 nitrogen and oxygen atoms in total. The van der Waals surface area contributed by atoms with Gasteiger partial charge in [0.05, 0.1) is 6.54 Å². The van der Waals surface area contributed by atoms with Crippen LogP contribution in [0.2, 0.25) is 0 Å². The molecule has 3 heteroatoms. The first-order chi connectivity index (χ1) is 8.60. The van der Waals surface area contributed by atoms with Gasteiger partial charge in [-0.3, -0.25) is 4.79 Å². The topological polar surface area (TPSA) is 29.1 Å². The minimum atomic E-state index is -0.162. The maximum atomic E-state index is 12.2. The highest BCUT2D eigenvalue weighted by Crippen LogP contribution is 1.99. The lowest BCUT2D eigenvalue weighted by molar-refractivity contribution is -0.117. The highest BCUT2D eigenvalue weighted by Gasteiger charge is 1.92. The zero-order chi connectivity index (χ0) is 14.4. The summed E-state index contributed by atoms with van der Waals surface area (Å²) < 4.78 is 12.2. The van der Waals surface area contributed by atoms with Crippen LogP contribution in [-0.4, -0.2) is 18.9 Å². The summed E-state index contributed by atoms with van der Waals surface area (Å²) in [4.78, 5) is 10.5. The van der Waals surface area contributed by atoms with E-state index in [0.29, 0.717) is 13.0 Å². The number of Topliss-reactive ketones (excluding diaryl/α,β-unsaturated/α-hetero) is 1.